The van der Waals surface area contributed by atoms with Crippen molar-refractivity contribution in [3.05, 3.63) is 27.3 Å². The van der Waals surface area contributed by atoms with Crippen LogP contribution in [0.1, 0.15) is 25.3 Å². The fraction of sp³-hybridized carbons (Fsp3) is 0.400. The van der Waals surface area contributed by atoms with E-state index in [2.05, 4.69) is 4.18 Å². The van der Waals surface area contributed by atoms with Crippen LogP contribution in [0.25, 0.3) is 0 Å². The molecular weight excluding hydrogens is 384 g/mol. The van der Waals surface area contributed by atoms with Gasteiger partial charge in [-0.2, -0.15) is 21.6 Å². The Kier molecular flexibility index (Phi) is 4.52. The van der Waals surface area contributed by atoms with Crippen LogP contribution in [0.15, 0.2) is 18.2 Å². The summed E-state index contributed by atoms with van der Waals surface area (Å²) < 4.78 is 63.5. The highest BCUT2D eigenvalue weighted by Crippen LogP contribution is 2.33. The van der Waals surface area contributed by atoms with Gasteiger partial charge in [0.15, 0.2) is 0 Å². The summed E-state index contributed by atoms with van der Waals surface area (Å²) in [5, 5.41) is 0. The van der Waals surface area contributed by atoms with E-state index in [1.807, 2.05) is 22.6 Å². The Morgan fingerprint density at radius 3 is 2.28 bits per heavy atom. The predicted octanol–water partition coefficient (Wildman–Crippen LogP) is 3.64. The van der Waals surface area contributed by atoms with Gasteiger partial charge in [0, 0.05) is 3.57 Å². The molecular formula is C10H10F3IO3S. The number of benzene rings is 1. The van der Waals surface area contributed by atoms with Crippen LogP contribution in [0, 0.1) is 3.57 Å². The second-order valence-electron chi connectivity index (χ2n) is 3.82. The van der Waals surface area contributed by atoms with E-state index in [1.54, 1.807) is 19.9 Å². The molecule has 0 aliphatic heterocycles. The van der Waals surface area contributed by atoms with Crippen molar-refractivity contribution in [2.45, 2.75) is 25.3 Å². The fourth-order valence-corrected chi connectivity index (χ4v) is 2.21. The third-order valence-corrected chi connectivity index (χ3v) is 3.71. The van der Waals surface area contributed by atoms with Crippen LogP contribution in [0.3, 0.4) is 0 Å². The van der Waals surface area contributed by atoms with Crippen molar-refractivity contribution in [3.8, 4) is 5.75 Å². The van der Waals surface area contributed by atoms with Gasteiger partial charge in [-0.1, -0.05) is 13.8 Å². The molecule has 0 radical (unpaired) electrons. The second-order valence-corrected chi connectivity index (χ2v) is 6.60. The van der Waals surface area contributed by atoms with Gasteiger partial charge in [0.05, 0.1) is 0 Å². The zero-order valence-electron chi connectivity index (χ0n) is 9.45. The molecule has 3 nitrogen and oxygen atoms in total. The van der Waals surface area contributed by atoms with E-state index in [1.165, 1.54) is 12.1 Å². The monoisotopic (exact) mass is 394 g/mol. The molecule has 0 spiro atoms. The zero-order chi connectivity index (χ0) is 14.1. The molecule has 0 heterocycles. The topological polar surface area (TPSA) is 43.4 Å². The molecule has 0 saturated carbocycles. The van der Waals surface area contributed by atoms with Crippen LogP contribution in [0.2, 0.25) is 0 Å². The summed E-state index contributed by atoms with van der Waals surface area (Å²) in [4.78, 5) is 0. The molecule has 0 aliphatic carbocycles. The molecule has 8 heteroatoms. The van der Waals surface area contributed by atoms with E-state index in [0.717, 1.165) is 3.57 Å². The summed E-state index contributed by atoms with van der Waals surface area (Å²) in [5.41, 5.74) is -5.01. The van der Waals surface area contributed by atoms with Gasteiger partial charge in [0.25, 0.3) is 0 Å². The average molecular weight is 394 g/mol. The fourth-order valence-electron chi connectivity index (χ4n) is 1.21. The summed E-state index contributed by atoms with van der Waals surface area (Å²) in [5.74, 6) is -0.444. The molecule has 0 unspecified atom stereocenters. The highest BCUT2D eigenvalue weighted by Gasteiger charge is 2.48. The van der Waals surface area contributed by atoms with E-state index in [-0.39, 0.29) is 11.7 Å². The Labute approximate surface area is 117 Å². The van der Waals surface area contributed by atoms with Gasteiger partial charge in [-0.15, -0.1) is 0 Å². The smallest absolute Gasteiger partial charge is 0.376 e. The lowest BCUT2D eigenvalue weighted by Crippen LogP contribution is -2.28. The summed E-state index contributed by atoms with van der Waals surface area (Å²) >= 11 is 1.98. The Morgan fingerprint density at radius 2 is 1.83 bits per heavy atom. The average Bonchev–Trinajstić information content (AvgIpc) is 2.18. The summed E-state index contributed by atoms with van der Waals surface area (Å²) in [6, 6.07) is 4.29. The number of halogens is 4. The van der Waals surface area contributed by atoms with Crippen molar-refractivity contribution < 1.29 is 25.8 Å². The van der Waals surface area contributed by atoms with Gasteiger partial charge in [-0.25, -0.2) is 0 Å². The third kappa shape index (κ3) is 3.50. The first-order valence-electron chi connectivity index (χ1n) is 4.85. The molecule has 0 N–H and O–H groups in total. The summed E-state index contributed by atoms with van der Waals surface area (Å²) in [7, 11) is -5.62. The largest absolute Gasteiger partial charge is 0.534 e. The first-order chi connectivity index (χ1) is 8.04. The minimum Gasteiger partial charge on any atom is -0.376 e. The van der Waals surface area contributed by atoms with Gasteiger partial charge in [-0.05, 0) is 52.3 Å². The van der Waals surface area contributed by atoms with Gasteiger partial charge in [0.2, 0.25) is 0 Å². The van der Waals surface area contributed by atoms with Crippen LogP contribution >= 0.6 is 22.6 Å². The molecule has 0 atom stereocenters. The first-order valence-corrected chi connectivity index (χ1v) is 7.33. The highest BCUT2D eigenvalue weighted by atomic mass is 127. The Morgan fingerprint density at radius 1 is 1.28 bits per heavy atom. The van der Waals surface area contributed by atoms with Gasteiger partial charge >= 0.3 is 15.6 Å². The second kappa shape index (κ2) is 5.24. The molecule has 1 aromatic carbocycles. The molecule has 0 saturated heterocycles. The van der Waals surface area contributed by atoms with E-state index >= 15 is 0 Å². The maximum absolute atomic E-state index is 12.2. The standard InChI is InChI=1S/C10H10F3IO3S/c1-6(2)8-5-7(14)3-4-9(8)17-18(15,16)10(11,12)13/h3-6H,1-2H3. The van der Waals surface area contributed by atoms with Crippen molar-refractivity contribution in [1.82, 2.24) is 0 Å². The zero-order valence-corrected chi connectivity index (χ0v) is 12.4. The van der Waals surface area contributed by atoms with Crippen LogP contribution in [-0.2, 0) is 10.1 Å². The molecule has 1 aromatic rings. The van der Waals surface area contributed by atoms with Gasteiger partial charge < -0.3 is 4.18 Å². The first kappa shape index (κ1) is 15.5. The Bertz CT molecular complexity index is 538. The van der Waals surface area contributed by atoms with Crippen LogP contribution in [0.5, 0.6) is 5.75 Å². The summed E-state index contributed by atoms with van der Waals surface area (Å²) in [6.45, 7) is 3.47. The number of alkyl halides is 3. The molecule has 102 valence electrons. The minimum atomic E-state index is -5.62. The van der Waals surface area contributed by atoms with Gasteiger partial charge in [0.1, 0.15) is 5.75 Å². The molecule has 0 bridgehead atoms. The van der Waals surface area contributed by atoms with Gasteiger partial charge in [-0.3, -0.25) is 0 Å². The van der Waals surface area contributed by atoms with Crippen molar-refractivity contribution in [3.63, 3.8) is 0 Å². The lowest BCUT2D eigenvalue weighted by molar-refractivity contribution is -0.0500. The molecule has 0 fully saturated rings. The third-order valence-electron chi connectivity index (χ3n) is 2.08. The van der Waals surface area contributed by atoms with Crippen LogP contribution in [0.4, 0.5) is 13.2 Å². The molecule has 0 aliphatic rings. The van der Waals surface area contributed by atoms with Crippen molar-refractivity contribution in [1.29, 1.82) is 0 Å². The lowest BCUT2D eigenvalue weighted by atomic mass is 10.0. The normalized spacial score (nSPS) is 12.8. The van der Waals surface area contributed by atoms with Crippen LogP contribution in [-0.4, -0.2) is 13.9 Å². The van der Waals surface area contributed by atoms with Crippen LogP contribution < -0.4 is 4.18 Å². The number of hydrogen-bond acceptors (Lipinski definition) is 3. The van der Waals surface area contributed by atoms with Crippen molar-refractivity contribution in [2.75, 3.05) is 0 Å². The maximum atomic E-state index is 12.2. The molecule has 0 aromatic heterocycles. The maximum Gasteiger partial charge on any atom is 0.534 e. The summed E-state index contributed by atoms with van der Waals surface area (Å²) in [6.07, 6.45) is 0. The van der Waals surface area contributed by atoms with Crippen molar-refractivity contribution in [2.24, 2.45) is 0 Å². The van der Waals surface area contributed by atoms with Crippen molar-refractivity contribution >= 4 is 32.7 Å². The van der Waals surface area contributed by atoms with E-state index < -0.39 is 15.6 Å². The molecule has 18 heavy (non-hydrogen) atoms. The highest BCUT2D eigenvalue weighted by molar-refractivity contribution is 14.1. The Hall–Kier alpha value is -0.510. The Balaban J connectivity index is 3.21. The molecule has 1 rings (SSSR count). The minimum absolute atomic E-state index is 0.154. The molecule has 0 amide bonds. The SMILES string of the molecule is CC(C)c1cc(I)ccc1OS(=O)(=O)C(F)(F)F. The predicted molar refractivity (Wildman–Crippen MR) is 68.9 cm³/mol. The quantitative estimate of drug-likeness (QED) is 0.447. The van der Waals surface area contributed by atoms with E-state index in [0.29, 0.717) is 5.56 Å². The number of rotatable bonds is 3. The number of hydrogen-bond donors (Lipinski definition) is 0. The lowest BCUT2D eigenvalue weighted by Gasteiger charge is -2.15. The van der Waals surface area contributed by atoms with E-state index in [4.69, 9.17) is 0 Å². The van der Waals surface area contributed by atoms with E-state index in [9.17, 15) is 21.6 Å².